The van der Waals surface area contributed by atoms with Crippen molar-refractivity contribution in [3.05, 3.63) is 6.33 Å². The first-order valence-electron chi connectivity index (χ1n) is 9.91. The van der Waals surface area contributed by atoms with Crippen LogP contribution in [0.25, 0.3) is 0 Å². The topological polar surface area (TPSA) is 93.4 Å². The van der Waals surface area contributed by atoms with Gasteiger partial charge >= 0.3 is 0 Å². The Morgan fingerprint density at radius 1 is 1.33 bits per heavy atom. The molecule has 1 aromatic rings. The molecule has 1 atom stereocenters. The fourth-order valence-electron chi connectivity index (χ4n) is 3.77. The van der Waals surface area contributed by atoms with Gasteiger partial charge in [-0.3, -0.25) is 9.59 Å². The van der Waals surface area contributed by atoms with E-state index in [1.165, 1.54) is 6.33 Å². The van der Waals surface area contributed by atoms with E-state index in [4.69, 9.17) is 4.74 Å². The first kappa shape index (κ1) is 19.7. The molecule has 2 aliphatic heterocycles. The lowest BCUT2D eigenvalue weighted by Crippen LogP contribution is -2.49. The predicted octanol–water partition coefficient (Wildman–Crippen LogP) is 0.719. The fraction of sp³-hybridized carbons (Fsp3) is 0.833. The van der Waals surface area contributed by atoms with E-state index in [2.05, 4.69) is 29.4 Å². The van der Waals surface area contributed by atoms with E-state index in [1.807, 2.05) is 9.80 Å². The highest BCUT2D eigenvalue weighted by Crippen LogP contribution is 2.32. The third-order valence-corrected chi connectivity index (χ3v) is 5.80. The number of nitrogens with zero attached hydrogens (tertiary/aromatic N) is 6. The zero-order valence-corrected chi connectivity index (χ0v) is 16.3. The second kappa shape index (κ2) is 8.77. The van der Waals surface area contributed by atoms with Gasteiger partial charge in [0.15, 0.2) is 0 Å². The van der Waals surface area contributed by atoms with E-state index in [-0.39, 0.29) is 11.8 Å². The van der Waals surface area contributed by atoms with Crippen LogP contribution in [0, 0.1) is 5.92 Å². The number of ether oxygens (including phenoxy) is 1. The summed E-state index contributed by atoms with van der Waals surface area (Å²) in [5.41, 5.74) is -0.409. The molecule has 0 saturated carbocycles. The molecule has 2 fully saturated rings. The van der Waals surface area contributed by atoms with Crippen molar-refractivity contribution in [3.8, 4) is 0 Å². The van der Waals surface area contributed by atoms with Crippen molar-refractivity contribution in [1.82, 2.24) is 30.0 Å². The molecule has 2 aliphatic rings. The molecule has 9 nitrogen and oxygen atoms in total. The van der Waals surface area contributed by atoms with Crippen LogP contribution in [0.5, 0.6) is 0 Å². The van der Waals surface area contributed by atoms with E-state index < -0.39 is 5.60 Å². The monoisotopic (exact) mass is 378 g/mol. The van der Waals surface area contributed by atoms with Crippen LogP contribution >= 0.6 is 0 Å². The minimum absolute atomic E-state index is 0.0960. The highest BCUT2D eigenvalue weighted by Gasteiger charge is 2.41. The Morgan fingerprint density at radius 2 is 2.11 bits per heavy atom. The maximum atomic E-state index is 12.7. The second-order valence-corrected chi connectivity index (χ2v) is 7.77. The molecule has 3 heterocycles. The normalized spacial score (nSPS) is 21.3. The first-order valence-corrected chi connectivity index (χ1v) is 9.91. The van der Waals surface area contributed by atoms with Gasteiger partial charge in [0.05, 0.1) is 25.2 Å². The summed E-state index contributed by atoms with van der Waals surface area (Å²) < 4.78 is 7.72. The third kappa shape index (κ3) is 5.03. The molecule has 2 amide bonds. The van der Waals surface area contributed by atoms with Gasteiger partial charge in [-0.2, -0.15) is 0 Å². The lowest BCUT2D eigenvalue weighted by molar-refractivity contribution is -0.141. The molecule has 27 heavy (non-hydrogen) atoms. The summed E-state index contributed by atoms with van der Waals surface area (Å²) >= 11 is 0. The average Bonchev–Trinajstić information content (AvgIpc) is 3.14. The van der Waals surface area contributed by atoms with Crippen LogP contribution in [0.1, 0.15) is 46.0 Å². The number of tetrazole rings is 1. The lowest BCUT2D eigenvalue weighted by atomic mass is 9.87. The molecule has 2 saturated heterocycles. The van der Waals surface area contributed by atoms with Crippen molar-refractivity contribution in [1.29, 1.82) is 0 Å². The predicted molar refractivity (Wildman–Crippen MR) is 97.6 cm³/mol. The summed E-state index contributed by atoms with van der Waals surface area (Å²) in [7, 11) is 0. The molecule has 9 heteroatoms. The average molecular weight is 378 g/mol. The number of aryl methyl sites for hydroxylation is 1. The summed E-state index contributed by atoms with van der Waals surface area (Å²) in [6.45, 7) is 8.12. The van der Waals surface area contributed by atoms with Crippen molar-refractivity contribution in [2.24, 2.45) is 5.92 Å². The first-order chi connectivity index (χ1) is 13.0. The van der Waals surface area contributed by atoms with E-state index >= 15 is 0 Å². The molecule has 0 N–H and O–H groups in total. The zero-order valence-electron chi connectivity index (χ0n) is 16.3. The highest BCUT2D eigenvalue weighted by atomic mass is 16.5. The quantitative estimate of drug-likeness (QED) is 0.724. The van der Waals surface area contributed by atoms with Gasteiger partial charge in [0.1, 0.15) is 6.33 Å². The Balaban J connectivity index is 1.50. The van der Waals surface area contributed by atoms with Gasteiger partial charge in [0, 0.05) is 32.6 Å². The molecule has 1 spiro atoms. The number of likely N-dealkylation sites (tertiary alicyclic amines) is 1. The summed E-state index contributed by atoms with van der Waals surface area (Å²) in [5.74, 6) is 0.785. The van der Waals surface area contributed by atoms with Crippen LogP contribution in [-0.4, -0.2) is 80.2 Å². The largest absolute Gasteiger partial charge is 0.372 e. The Bertz CT molecular complexity index is 627. The molecule has 150 valence electrons. The number of piperidine rings is 1. The van der Waals surface area contributed by atoms with Gasteiger partial charge in [-0.1, -0.05) is 20.3 Å². The summed E-state index contributed by atoms with van der Waals surface area (Å²) in [6, 6.07) is 0. The summed E-state index contributed by atoms with van der Waals surface area (Å²) in [4.78, 5) is 29.0. The number of rotatable bonds is 6. The molecule has 0 aliphatic carbocycles. The van der Waals surface area contributed by atoms with E-state index in [0.29, 0.717) is 64.4 Å². The maximum absolute atomic E-state index is 12.7. The van der Waals surface area contributed by atoms with E-state index in [9.17, 15) is 9.59 Å². The molecule has 0 bridgehead atoms. The van der Waals surface area contributed by atoms with Crippen LogP contribution in [-0.2, 0) is 20.9 Å². The van der Waals surface area contributed by atoms with Gasteiger partial charge in [0.2, 0.25) is 11.8 Å². The Kier molecular flexibility index (Phi) is 6.41. The van der Waals surface area contributed by atoms with Crippen molar-refractivity contribution in [2.75, 3.05) is 32.8 Å². The summed E-state index contributed by atoms with van der Waals surface area (Å²) in [5, 5.41) is 10.9. The third-order valence-electron chi connectivity index (χ3n) is 5.80. The number of aromatic nitrogens is 4. The van der Waals surface area contributed by atoms with Crippen molar-refractivity contribution in [3.63, 3.8) is 0 Å². The number of carbonyl (C=O) groups excluding carboxylic acids is 2. The van der Waals surface area contributed by atoms with Gasteiger partial charge in [-0.15, -0.1) is 5.10 Å². The molecular weight excluding hydrogens is 348 g/mol. The Hall–Kier alpha value is -2.03. The molecule has 0 radical (unpaired) electrons. The van der Waals surface area contributed by atoms with Crippen molar-refractivity contribution < 1.29 is 14.3 Å². The Labute approximate surface area is 160 Å². The number of amides is 2. The molecule has 1 aromatic heterocycles. The molecular formula is C18H30N6O3. The van der Waals surface area contributed by atoms with Crippen LogP contribution in [0.2, 0.25) is 0 Å². The van der Waals surface area contributed by atoms with Crippen LogP contribution in [0.15, 0.2) is 6.33 Å². The van der Waals surface area contributed by atoms with Crippen LogP contribution < -0.4 is 0 Å². The fourth-order valence-corrected chi connectivity index (χ4v) is 3.77. The van der Waals surface area contributed by atoms with Gasteiger partial charge in [0.25, 0.3) is 0 Å². The smallest absolute Gasteiger partial charge is 0.225 e. The highest BCUT2D eigenvalue weighted by molar-refractivity contribution is 5.78. The van der Waals surface area contributed by atoms with Crippen LogP contribution in [0.4, 0.5) is 0 Å². The van der Waals surface area contributed by atoms with Crippen molar-refractivity contribution in [2.45, 2.75) is 58.1 Å². The number of hydrogen-bond donors (Lipinski definition) is 0. The second-order valence-electron chi connectivity index (χ2n) is 7.77. The SMILES string of the molecule is CCC(C)CN1CCOC2(CCN(C(=O)CCn3cnnn3)CC2)CC1=O. The number of carbonyl (C=O) groups is 2. The minimum atomic E-state index is -0.409. The van der Waals surface area contributed by atoms with Crippen LogP contribution in [0.3, 0.4) is 0 Å². The molecule has 3 rings (SSSR count). The zero-order chi connectivity index (χ0) is 19.3. The van der Waals surface area contributed by atoms with Crippen molar-refractivity contribution >= 4 is 11.8 Å². The van der Waals surface area contributed by atoms with Gasteiger partial charge in [-0.05, 0) is 29.2 Å². The molecule has 1 unspecified atom stereocenters. The lowest BCUT2D eigenvalue weighted by Gasteiger charge is -2.40. The van der Waals surface area contributed by atoms with Gasteiger partial charge < -0.3 is 14.5 Å². The number of hydrogen-bond acceptors (Lipinski definition) is 6. The maximum Gasteiger partial charge on any atom is 0.225 e. The van der Waals surface area contributed by atoms with E-state index in [0.717, 1.165) is 13.0 Å². The standard InChI is InChI=1S/C18H30N6O3/c1-3-15(2)13-23-10-11-27-18(12-17(23)26)5-8-22(9-6-18)16(25)4-7-24-14-19-20-21-24/h14-15H,3-13H2,1-2H3. The molecule has 0 aromatic carbocycles. The minimum Gasteiger partial charge on any atom is -0.372 e. The van der Waals surface area contributed by atoms with Gasteiger partial charge in [-0.25, -0.2) is 4.68 Å². The van der Waals surface area contributed by atoms with E-state index in [1.54, 1.807) is 4.68 Å². The Morgan fingerprint density at radius 3 is 2.78 bits per heavy atom. The summed E-state index contributed by atoms with van der Waals surface area (Å²) in [6.07, 6.45) is 4.81.